The molecular formula is C15H23ClN4O4. The smallest absolute Gasteiger partial charge is 0.407 e. The van der Waals surface area contributed by atoms with E-state index in [1.165, 1.54) is 0 Å². The second-order valence-corrected chi connectivity index (χ2v) is 6.63. The number of rotatable bonds is 7. The highest BCUT2D eigenvalue weighted by Crippen LogP contribution is 2.31. The molecule has 24 heavy (non-hydrogen) atoms. The quantitative estimate of drug-likeness (QED) is 0.333. The zero-order valence-electron chi connectivity index (χ0n) is 14.3. The van der Waals surface area contributed by atoms with Gasteiger partial charge in [0.25, 0.3) is 0 Å². The average Bonchev–Trinajstić information content (AvgIpc) is 2.39. The van der Waals surface area contributed by atoms with E-state index in [9.17, 15) is 14.9 Å². The molecule has 0 unspecified atom stereocenters. The highest BCUT2D eigenvalue weighted by Gasteiger charge is 2.20. The first-order chi connectivity index (χ1) is 11.1. The topological polar surface area (TPSA) is 106 Å². The van der Waals surface area contributed by atoms with Crippen LogP contribution in [0.15, 0.2) is 6.07 Å². The zero-order chi connectivity index (χ0) is 18.3. The van der Waals surface area contributed by atoms with Crippen LogP contribution >= 0.6 is 11.6 Å². The van der Waals surface area contributed by atoms with Gasteiger partial charge in [-0.3, -0.25) is 10.1 Å². The summed E-state index contributed by atoms with van der Waals surface area (Å²) < 4.78 is 5.12. The molecule has 134 valence electrons. The molecule has 0 aliphatic carbocycles. The van der Waals surface area contributed by atoms with Crippen LogP contribution in [0.1, 0.15) is 39.3 Å². The molecular weight excluding hydrogens is 336 g/mol. The highest BCUT2D eigenvalue weighted by atomic mass is 35.5. The second kappa shape index (κ2) is 8.68. The number of hydrogen-bond donors (Lipinski definition) is 2. The van der Waals surface area contributed by atoms with E-state index in [2.05, 4.69) is 15.6 Å². The summed E-state index contributed by atoms with van der Waals surface area (Å²) in [5.41, 5.74) is 0.190. The van der Waals surface area contributed by atoms with E-state index in [4.69, 9.17) is 16.3 Å². The number of aryl methyl sites for hydroxylation is 1. The number of anilines is 1. The maximum absolute atomic E-state index is 11.5. The fourth-order valence-electron chi connectivity index (χ4n) is 1.91. The molecule has 0 aliphatic rings. The molecule has 2 N–H and O–H groups in total. The van der Waals surface area contributed by atoms with Crippen LogP contribution in [0.3, 0.4) is 0 Å². The number of carbonyl (C=O) groups is 1. The Balaban J connectivity index is 2.39. The Bertz CT molecular complexity index is 602. The molecule has 0 saturated carbocycles. The van der Waals surface area contributed by atoms with Crippen LogP contribution in [0.25, 0.3) is 0 Å². The molecule has 0 fully saturated rings. The SMILES string of the molecule is Cc1cc(NCCCCNC(=O)OC(C)(C)C)c([N+](=O)[O-])c(Cl)n1. The third-order valence-corrected chi connectivity index (χ3v) is 3.11. The lowest BCUT2D eigenvalue weighted by Crippen LogP contribution is -2.33. The monoisotopic (exact) mass is 358 g/mol. The summed E-state index contributed by atoms with van der Waals surface area (Å²) in [5.74, 6) is 0. The fraction of sp³-hybridized carbons (Fsp3) is 0.600. The van der Waals surface area contributed by atoms with Crippen molar-refractivity contribution in [2.45, 2.75) is 46.1 Å². The van der Waals surface area contributed by atoms with E-state index in [1.54, 1.807) is 33.8 Å². The summed E-state index contributed by atoms with van der Waals surface area (Å²) in [6, 6.07) is 1.59. The zero-order valence-corrected chi connectivity index (χ0v) is 15.1. The lowest BCUT2D eigenvalue weighted by molar-refractivity contribution is -0.384. The van der Waals surface area contributed by atoms with Crippen LogP contribution in [0, 0.1) is 17.0 Å². The fourth-order valence-corrected chi connectivity index (χ4v) is 2.22. The van der Waals surface area contributed by atoms with Crippen LogP contribution < -0.4 is 10.6 Å². The number of pyridine rings is 1. The van der Waals surface area contributed by atoms with Gasteiger partial charge in [-0.05, 0) is 46.6 Å². The molecule has 1 heterocycles. The molecule has 0 aromatic carbocycles. The van der Waals surface area contributed by atoms with E-state index in [-0.39, 0.29) is 10.8 Å². The third-order valence-electron chi connectivity index (χ3n) is 2.85. The van der Waals surface area contributed by atoms with Crippen molar-refractivity contribution >= 4 is 29.1 Å². The van der Waals surface area contributed by atoms with E-state index in [1.807, 2.05) is 0 Å². The van der Waals surface area contributed by atoms with Gasteiger partial charge in [-0.15, -0.1) is 0 Å². The third kappa shape index (κ3) is 6.99. The van der Waals surface area contributed by atoms with Crippen LogP contribution in [0.4, 0.5) is 16.2 Å². The maximum atomic E-state index is 11.5. The Morgan fingerprint density at radius 2 is 2.00 bits per heavy atom. The maximum Gasteiger partial charge on any atom is 0.407 e. The molecule has 1 rings (SSSR count). The van der Waals surface area contributed by atoms with Gasteiger partial charge in [-0.1, -0.05) is 11.6 Å². The number of carbonyl (C=O) groups excluding carboxylic acids is 1. The van der Waals surface area contributed by atoms with Gasteiger partial charge in [0.05, 0.1) is 4.92 Å². The Hall–Kier alpha value is -2.09. The molecule has 0 aliphatic heterocycles. The van der Waals surface area contributed by atoms with Gasteiger partial charge >= 0.3 is 11.8 Å². The number of nitrogens with zero attached hydrogens (tertiary/aromatic N) is 2. The van der Waals surface area contributed by atoms with Gasteiger partial charge < -0.3 is 15.4 Å². The van der Waals surface area contributed by atoms with Crippen molar-refractivity contribution in [1.82, 2.24) is 10.3 Å². The Morgan fingerprint density at radius 3 is 2.58 bits per heavy atom. The number of aromatic nitrogens is 1. The van der Waals surface area contributed by atoms with Crippen LogP contribution in [0.5, 0.6) is 0 Å². The molecule has 9 heteroatoms. The first-order valence-electron chi connectivity index (χ1n) is 7.62. The standard InChI is InChI=1S/C15H23ClN4O4/c1-10-9-11(12(20(22)23)13(16)19-10)17-7-5-6-8-18-14(21)24-15(2,3)4/h9H,5-8H2,1-4H3,(H,17,19)(H,18,21). The van der Waals surface area contributed by atoms with Gasteiger partial charge in [-0.25, -0.2) is 9.78 Å². The minimum Gasteiger partial charge on any atom is -0.444 e. The van der Waals surface area contributed by atoms with Crippen molar-refractivity contribution in [1.29, 1.82) is 0 Å². The first kappa shape index (κ1) is 20.0. The van der Waals surface area contributed by atoms with Crippen molar-refractivity contribution in [3.05, 3.63) is 27.0 Å². The van der Waals surface area contributed by atoms with E-state index >= 15 is 0 Å². The Labute approximate surface area is 146 Å². The number of nitrogens with one attached hydrogen (secondary N) is 2. The summed E-state index contributed by atoms with van der Waals surface area (Å²) in [4.78, 5) is 25.8. The lowest BCUT2D eigenvalue weighted by atomic mass is 10.2. The molecule has 0 bridgehead atoms. The Kier molecular flexibility index (Phi) is 7.21. The molecule has 1 aromatic heterocycles. The van der Waals surface area contributed by atoms with Crippen molar-refractivity contribution < 1.29 is 14.5 Å². The molecule has 0 atom stereocenters. The van der Waals surface area contributed by atoms with Gasteiger partial charge in [0.15, 0.2) is 0 Å². The summed E-state index contributed by atoms with van der Waals surface area (Å²) >= 11 is 5.83. The summed E-state index contributed by atoms with van der Waals surface area (Å²) in [5, 5.41) is 16.6. The number of hydrogen-bond acceptors (Lipinski definition) is 6. The number of amides is 1. The molecule has 0 saturated heterocycles. The summed E-state index contributed by atoms with van der Waals surface area (Å²) in [6.45, 7) is 8.08. The van der Waals surface area contributed by atoms with E-state index in [0.29, 0.717) is 37.3 Å². The summed E-state index contributed by atoms with van der Waals surface area (Å²) in [7, 11) is 0. The normalized spacial score (nSPS) is 11.0. The predicted molar refractivity (Wildman–Crippen MR) is 92.6 cm³/mol. The molecule has 1 aromatic rings. The van der Waals surface area contributed by atoms with Gasteiger partial charge in [0.1, 0.15) is 11.3 Å². The average molecular weight is 359 g/mol. The van der Waals surface area contributed by atoms with Crippen molar-refractivity contribution in [3.8, 4) is 0 Å². The largest absolute Gasteiger partial charge is 0.444 e. The highest BCUT2D eigenvalue weighted by molar-refractivity contribution is 6.32. The van der Waals surface area contributed by atoms with Crippen LogP contribution in [0.2, 0.25) is 5.15 Å². The molecule has 8 nitrogen and oxygen atoms in total. The molecule has 1 amide bonds. The second-order valence-electron chi connectivity index (χ2n) is 6.27. The van der Waals surface area contributed by atoms with Gasteiger partial charge in [0, 0.05) is 18.8 Å². The Morgan fingerprint density at radius 1 is 1.38 bits per heavy atom. The number of ether oxygens (including phenoxy) is 1. The lowest BCUT2D eigenvalue weighted by Gasteiger charge is -2.19. The molecule has 0 radical (unpaired) electrons. The van der Waals surface area contributed by atoms with Gasteiger partial charge in [-0.2, -0.15) is 0 Å². The van der Waals surface area contributed by atoms with Gasteiger partial charge in [0.2, 0.25) is 5.15 Å². The van der Waals surface area contributed by atoms with Crippen molar-refractivity contribution in [2.24, 2.45) is 0 Å². The van der Waals surface area contributed by atoms with Crippen molar-refractivity contribution in [3.63, 3.8) is 0 Å². The number of halogens is 1. The number of unbranched alkanes of at least 4 members (excludes halogenated alkanes) is 1. The van der Waals surface area contributed by atoms with Crippen molar-refractivity contribution in [2.75, 3.05) is 18.4 Å². The van der Waals surface area contributed by atoms with E-state index in [0.717, 1.165) is 0 Å². The predicted octanol–water partition coefficient (Wildman–Crippen LogP) is 3.67. The summed E-state index contributed by atoms with van der Waals surface area (Å²) in [6.07, 6.45) is 0.965. The minimum atomic E-state index is -0.554. The molecule has 0 spiro atoms. The number of nitro groups is 1. The van der Waals surface area contributed by atoms with Crippen LogP contribution in [-0.4, -0.2) is 34.7 Å². The number of alkyl carbamates (subject to hydrolysis) is 1. The first-order valence-corrected chi connectivity index (χ1v) is 8.00. The minimum absolute atomic E-state index is 0.130. The van der Waals surface area contributed by atoms with Crippen LogP contribution in [-0.2, 0) is 4.74 Å². The van der Waals surface area contributed by atoms with E-state index < -0.39 is 16.6 Å².